The maximum absolute atomic E-state index is 4.80. The maximum Gasteiger partial charge on any atom is 0.108 e. The molecule has 0 bridgehead atoms. The van der Waals surface area contributed by atoms with E-state index in [4.69, 9.17) is 4.98 Å². The van der Waals surface area contributed by atoms with Gasteiger partial charge in [-0.2, -0.15) is 0 Å². The first-order valence-corrected chi connectivity index (χ1v) is 7.62. The van der Waals surface area contributed by atoms with Crippen molar-refractivity contribution in [3.8, 4) is 0 Å². The number of rotatable bonds is 4. The van der Waals surface area contributed by atoms with Gasteiger partial charge in [0.2, 0.25) is 0 Å². The van der Waals surface area contributed by atoms with Gasteiger partial charge in [-0.1, -0.05) is 31.2 Å². The number of fused-ring (bicyclic) bond motifs is 1. The van der Waals surface area contributed by atoms with Gasteiger partial charge in [-0.05, 0) is 24.5 Å². The second-order valence-electron chi connectivity index (χ2n) is 5.53. The van der Waals surface area contributed by atoms with Crippen molar-refractivity contribution in [2.45, 2.75) is 46.2 Å². The van der Waals surface area contributed by atoms with Crippen LogP contribution in [0.15, 0.2) is 24.3 Å². The van der Waals surface area contributed by atoms with Crippen LogP contribution in [0.25, 0.3) is 0 Å². The van der Waals surface area contributed by atoms with Crippen LogP contribution in [0.2, 0.25) is 0 Å². The predicted molar refractivity (Wildman–Crippen MR) is 81.9 cm³/mol. The van der Waals surface area contributed by atoms with E-state index in [1.165, 1.54) is 28.3 Å². The molecule has 106 valence electrons. The Kier molecular flexibility index (Phi) is 3.88. The van der Waals surface area contributed by atoms with E-state index < -0.39 is 0 Å². The molecule has 3 rings (SSSR count). The third kappa shape index (κ3) is 2.50. The number of benzene rings is 1. The molecule has 1 N–H and O–H groups in total. The maximum atomic E-state index is 4.80. The molecule has 0 unspecified atom stereocenters. The number of aromatic nitrogens is 2. The highest BCUT2D eigenvalue weighted by Crippen LogP contribution is 2.18. The minimum atomic E-state index is 0.930. The molecule has 1 aliphatic heterocycles. The van der Waals surface area contributed by atoms with Gasteiger partial charge in [0.1, 0.15) is 5.82 Å². The van der Waals surface area contributed by atoms with Gasteiger partial charge in [0.15, 0.2) is 0 Å². The normalized spacial score (nSPS) is 14.3. The zero-order chi connectivity index (χ0) is 13.9. The average Bonchev–Trinajstić information content (AvgIpc) is 2.84. The van der Waals surface area contributed by atoms with E-state index in [1.807, 2.05) is 0 Å². The molecule has 0 radical (unpaired) electrons. The molecule has 2 aromatic rings. The van der Waals surface area contributed by atoms with Crippen LogP contribution in [0.4, 0.5) is 0 Å². The first-order valence-electron chi connectivity index (χ1n) is 7.62. The largest absolute Gasteiger partial charge is 0.331 e. The number of aryl methyl sites for hydroxylation is 3. The van der Waals surface area contributed by atoms with E-state index >= 15 is 0 Å². The van der Waals surface area contributed by atoms with Crippen LogP contribution in [0.3, 0.4) is 0 Å². The molecule has 3 nitrogen and oxygen atoms in total. The van der Waals surface area contributed by atoms with Gasteiger partial charge < -0.3 is 9.88 Å². The van der Waals surface area contributed by atoms with Crippen molar-refractivity contribution in [2.24, 2.45) is 0 Å². The third-order valence-corrected chi connectivity index (χ3v) is 4.25. The first kappa shape index (κ1) is 13.4. The molecule has 1 aliphatic rings. The smallest absolute Gasteiger partial charge is 0.108 e. The summed E-state index contributed by atoms with van der Waals surface area (Å²) in [6.07, 6.45) is 3.22. The number of nitrogens with one attached hydrogen (secondary N) is 1. The standard InChI is InChI=1S/C17H23N3/c1-3-17-19-15-12-18-10-8-16(15)20(17)11-9-14-7-5-4-6-13(14)2/h4-7,18H,3,8-12H2,1-2H3. The van der Waals surface area contributed by atoms with Gasteiger partial charge in [-0.25, -0.2) is 4.98 Å². The molecule has 0 fully saturated rings. The second-order valence-corrected chi connectivity index (χ2v) is 5.53. The van der Waals surface area contributed by atoms with Crippen LogP contribution in [-0.2, 0) is 32.4 Å². The van der Waals surface area contributed by atoms with E-state index in [0.717, 1.165) is 38.9 Å². The second kappa shape index (κ2) is 5.80. The van der Waals surface area contributed by atoms with Crippen LogP contribution in [0, 0.1) is 6.92 Å². The monoisotopic (exact) mass is 269 g/mol. The molecule has 0 atom stereocenters. The summed E-state index contributed by atoms with van der Waals surface area (Å²) in [6, 6.07) is 8.69. The summed E-state index contributed by atoms with van der Waals surface area (Å²) >= 11 is 0. The highest BCUT2D eigenvalue weighted by molar-refractivity contribution is 5.26. The highest BCUT2D eigenvalue weighted by Gasteiger charge is 2.18. The summed E-state index contributed by atoms with van der Waals surface area (Å²) in [7, 11) is 0. The Bertz CT molecular complexity index is 598. The van der Waals surface area contributed by atoms with Crippen molar-refractivity contribution >= 4 is 0 Å². The zero-order valence-corrected chi connectivity index (χ0v) is 12.4. The quantitative estimate of drug-likeness (QED) is 0.924. The van der Waals surface area contributed by atoms with Gasteiger partial charge in [0, 0.05) is 38.2 Å². The van der Waals surface area contributed by atoms with Crippen LogP contribution >= 0.6 is 0 Å². The van der Waals surface area contributed by atoms with E-state index in [1.54, 1.807) is 0 Å². The predicted octanol–water partition coefficient (Wildman–Crippen LogP) is 2.64. The van der Waals surface area contributed by atoms with Crippen LogP contribution < -0.4 is 5.32 Å². The number of nitrogens with zero attached hydrogens (tertiary/aromatic N) is 2. The van der Waals surface area contributed by atoms with Gasteiger partial charge in [0.25, 0.3) is 0 Å². The van der Waals surface area contributed by atoms with Crippen LogP contribution in [0.1, 0.15) is 35.3 Å². The summed E-state index contributed by atoms with van der Waals surface area (Å²) in [5.41, 5.74) is 5.55. The zero-order valence-electron chi connectivity index (χ0n) is 12.4. The highest BCUT2D eigenvalue weighted by atomic mass is 15.1. The topological polar surface area (TPSA) is 29.9 Å². The minimum Gasteiger partial charge on any atom is -0.331 e. The number of imidazole rings is 1. The van der Waals surface area contributed by atoms with Crippen molar-refractivity contribution in [1.82, 2.24) is 14.9 Å². The van der Waals surface area contributed by atoms with Crippen molar-refractivity contribution < 1.29 is 0 Å². The van der Waals surface area contributed by atoms with Gasteiger partial charge >= 0.3 is 0 Å². The lowest BCUT2D eigenvalue weighted by atomic mass is 10.1. The number of hydrogen-bond donors (Lipinski definition) is 1. The lowest BCUT2D eigenvalue weighted by Crippen LogP contribution is -2.25. The van der Waals surface area contributed by atoms with Crippen LogP contribution in [0.5, 0.6) is 0 Å². The molecule has 0 amide bonds. The molecular formula is C17H23N3. The fourth-order valence-corrected chi connectivity index (χ4v) is 3.08. The minimum absolute atomic E-state index is 0.930. The van der Waals surface area contributed by atoms with Gasteiger partial charge in [0.05, 0.1) is 5.69 Å². The summed E-state index contributed by atoms with van der Waals surface area (Å²) in [5, 5.41) is 3.41. The molecule has 3 heteroatoms. The molecule has 0 spiro atoms. The number of hydrogen-bond acceptors (Lipinski definition) is 2. The van der Waals surface area contributed by atoms with E-state index in [2.05, 4.69) is 48.0 Å². The van der Waals surface area contributed by atoms with E-state index in [9.17, 15) is 0 Å². The Morgan fingerprint density at radius 2 is 2.15 bits per heavy atom. The lowest BCUT2D eigenvalue weighted by molar-refractivity contribution is 0.577. The van der Waals surface area contributed by atoms with E-state index in [0.29, 0.717) is 0 Å². The Hall–Kier alpha value is -1.61. The molecule has 0 saturated heterocycles. The average molecular weight is 269 g/mol. The van der Waals surface area contributed by atoms with Crippen molar-refractivity contribution in [2.75, 3.05) is 6.54 Å². The fraction of sp³-hybridized carbons (Fsp3) is 0.471. The summed E-state index contributed by atoms with van der Waals surface area (Å²) in [5.74, 6) is 1.24. The Morgan fingerprint density at radius 1 is 1.30 bits per heavy atom. The lowest BCUT2D eigenvalue weighted by Gasteiger charge is -2.16. The SMILES string of the molecule is CCc1nc2c(n1CCc1ccccc1C)CCNC2. The molecule has 2 heterocycles. The van der Waals surface area contributed by atoms with E-state index in [-0.39, 0.29) is 0 Å². The Morgan fingerprint density at radius 3 is 2.95 bits per heavy atom. The fourth-order valence-electron chi connectivity index (χ4n) is 3.08. The first-order chi connectivity index (χ1) is 9.79. The molecule has 20 heavy (non-hydrogen) atoms. The van der Waals surface area contributed by atoms with Crippen molar-refractivity contribution in [3.05, 3.63) is 52.6 Å². The molecule has 1 aromatic heterocycles. The van der Waals surface area contributed by atoms with Gasteiger partial charge in [-0.15, -0.1) is 0 Å². The summed E-state index contributed by atoms with van der Waals surface area (Å²) in [4.78, 5) is 4.80. The molecule has 0 aliphatic carbocycles. The summed E-state index contributed by atoms with van der Waals surface area (Å²) < 4.78 is 2.46. The van der Waals surface area contributed by atoms with Crippen molar-refractivity contribution in [1.29, 1.82) is 0 Å². The molecular weight excluding hydrogens is 246 g/mol. The van der Waals surface area contributed by atoms with Gasteiger partial charge in [-0.3, -0.25) is 0 Å². The Labute approximate surface area is 121 Å². The third-order valence-electron chi connectivity index (χ3n) is 4.25. The summed E-state index contributed by atoms with van der Waals surface area (Å²) in [6.45, 7) is 7.46. The molecule has 1 aromatic carbocycles. The molecule has 0 saturated carbocycles. The van der Waals surface area contributed by atoms with Crippen molar-refractivity contribution in [3.63, 3.8) is 0 Å². The van der Waals surface area contributed by atoms with Crippen LogP contribution in [-0.4, -0.2) is 16.1 Å². The Balaban J connectivity index is 1.83.